The number of nitrogens with zero attached hydrogens (tertiary/aromatic N) is 4. The zero-order valence-corrected chi connectivity index (χ0v) is 17.8. The Hall–Kier alpha value is -3.10. The molecule has 8 heteroatoms. The van der Waals surface area contributed by atoms with Crippen LogP contribution < -0.4 is 16.4 Å². The molecule has 1 fully saturated rings. The van der Waals surface area contributed by atoms with E-state index in [9.17, 15) is 14.0 Å². The normalized spacial score (nSPS) is 19.3. The molecular weight excluding hydrogens is 409 g/mol. The average Bonchev–Trinajstić information content (AvgIpc) is 3.18. The Labute approximate surface area is 184 Å². The second-order valence-corrected chi connectivity index (χ2v) is 8.55. The van der Waals surface area contributed by atoms with E-state index in [1.54, 1.807) is 21.3 Å². The number of nitrogens with one attached hydrogen (secondary N) is 1. The van der Waals surface area contributed by atoms with Crippen LogP contribution in [0.2, 0.25) is 0 Å². The first-order valence-corrected chi connectivity index (χ1v) is 11.1. The molecule has 1 unspecified atom stereocenters. The SMILES string of the molecule is O=c1ccc2ncc(=O)n3c2n1CC3CN1CCC(NCC=Cc2cccc(F)c2)CC1. The van der Waals surface area contributed by atoms with E-state index in [0.29, 0.717) is 23.8 Å². The van der Waals surface area contributed by atoms with Gasteiger partial charge in [-0.2, -0.15) is 0 Å². The number of benzene rings is 1. The summed E-state index contributed by atoms with van der Waals surface area (Å²) in [6.45, 7) is 3.88. The summed E-state index contributed by atoms with van der Waals surface area (Å²) >= 11 is 0. The molecule has 166 valence electrons. The third kappa shape index (κ3) is 4.16. The van der Waals surface area contributed by atoms with Gasteiger partial charge in [0.15, 0.2) is 0 Å². The average molecular weight is 436 g/mol. The first-order valence-electron chi connectivity index (χ1n) is 11.1. The lowest BCUT2D eigenvalue weighted by molar-refractivity contribution is 0.173. The maximum atomic E-state index is 13.2. The summed E-state index contributed by atoms with van der Waals surface area (Å²) in [5.41, 5.74) is 1.94. The van der Waals surface area contributed by atoms with E-state index in [4.69, 9.17) is 0 Å². The van der Waals surface area contributed by atoms with Crippen molar-refractivity contribution in [3.8, 4) is 0 Å². The zero-order chi connectivity index (χ0) is 22.1. The van der Waals surface area contributed by atoms with Gasteiger partial charge in [-0.3, -0.25) is 18.7 Å². The zero-order valence-electron chi connectivity index (χ0n) is 17.8. The summed E-state index contributed by atoms with van der Waals surface area (Å²) < 4.78 is 16.7. The largest absolute Gasteiger partial charge is 0.310 e. The van der Waals surface area contributed by atoms with Gasteiger partial charge in [-0.05, 0) is 49.7 Å². The first kappa shape index (κ1) is 20.8. The Morgan fingerprint density at radius 1 is 1.12 bits per heavy atom. The lowest BCUT2D eigenvalue weighted by Crippen LogP contribution is -2.44. The van der Waals surface area contributed by atoms with Gasteiger partial charge < -0.3 is 10.2 Å². The standard InChI is InChI=1S/C24H26FN5O2/c25-18-5-1-3-17(13-18)4-2-10-26-19-8-11-28(12-9-19)15-20-16-29-22(31)7-6-21-24(29)30(20)23(32)14-27-21/h1-7,13-14,19-20,26H,8-12,15-16H2. The van der Waals surface area contributed by atoms with Gasteiger partial charge in [-0.25, -0.2) is 9.37 Å². The number of rotatable bonds is 6. The summed E-state index contributed by atoms with van der Waals surface area (Å²) in [4.78, 5) is 31.4. The first-order chi connectivity index (χ1) is 15.6. The Bertz CT molecular complexity index is 1270. The van der Waals surface area contributed by atoms with Crippen LogP contribution in [0, 0.1) is 5.82 Å². The van der Waals surface area contributed by atoms with Crippen molar-refractivity contribution < 1.29 is 4.39 Å². The quantitative estimate of drug-likeness (QED) is 0.642. The fraction of sp³-hybridized carbons (Fsp3) is 0.375. The Morgan fingerprint density at radius 3 is 2.78 bits per heavy atom. The van der Waals surface area contributed by atoms with Crippen molar-refractivity contribution in [1.82, 2.24) is 24.3 Å². The van der Waals surface area contributed by atoms with Crippen LogP contribution in [-0.2, 0) is 6.54 Å². The smallest absolute Gasteiger partial charge is 0.270 e. The molecule has 2 aromatic heterocycles. The number of aromatic nitrogens is 3. The highest BCUT2D eigenvalue weighted by Crippen LogP contribution is 2.24. The van der Waals surface area contributed by atoms with E-state index in [1.807, 2.05) is 18.2 Å². The molecular formula is C24H26FN5O2. The molecule has 0 saturated carbocycles. The molecule has 5 rings (SSSR count). The van der Waals surface area contributed by atoms with Crippen LogP contribution in [0.4, 0.5) is 4.39 Å². The van der Waals surface area contributed by atoms with Crippen molar-refractivity contribution in [3.05, 3.63) is 80.8 Å². The van der Waals surface area contributed by atoms with Crippen LogP contribution in [0.1, 0.15) is 24.4 Å². The minimum absolute atomic E-state index is 0.0539. The van der Waals surface area contributed by atoms with Gasteiger partial charge in [0.1, 0.15) is 17.0 Å². The van der Waals surface area contributed by atoms with Gasteiger partial charge in [0, 0.05) is 31.7 Å². The molecule has 0 bridgehead atoms. The Balaban J connectivity index is 1.15. The molecule has 2 aliphatic heterocycles. The Morgan fingerprint density at radius 2 is 1.97 bits per heavy atom. The second-order valence-electron chi connectivity index (χ2n) is 8.55. The van der Waals surface area contributed by atoms with E-state index in [2.05, 4.69) is 15.2 Å². The van der Waals surface area contributed by atoms with Gasteiger partial charge in [0.05, 0.1) is 12.2 Å². The molecule has 1 atom stereocenters. The van der Waals surface area contributed by atoms with Crippen molar-refractivity contribution in [1.29, 1.82) is 0 Å². The van der Waals surface area contributed by atoms with Crippen LogP contribution in [0.3, 0.4) is 0 Å². The fourth-order valence-electron chi connectivity index (χ4n) is 4.82. The molecule has 7 nitrogen and oxygen atoms in total. The molecule has 0 radical (unpaired) electrons. The minimum atomic E-state index is -0.225. The monoisotopic (exact) mass is 435 g/mol. The number of hydrogen-bond donors (Lipinski definition) is 1. The van der Waals surface area contributed by atoms with Gasteiger partial charge >= 0.3 is 0 Å². The number of pyridine rings is 1. The topological polar surface area (TPSA) is 72.2 Å². The van der Waals surface area contributed by atoms with E-state index >= 15 is 0 Å². The number of likely N-dealkylation sites (tertiary alicyclic amines) is 1. The summed E-state index contributed by atoms with van der Waals surface area (Å²) in [6, 6.07) is 10.1. The highest BCUT2D eigenvalue weighted by Gasteiger charge is 2.29. The molecule has 1 aromatic carbocycles. The minimum Gasteiger partial charge on any atom is -0.310 e. The van der Waals surface area contributed by atoms with Crippen molar-refractivity contribution in [2.75, 3.05) is 26.2 Å². The predicted molar refractivity (Wildman–Crippen MR) is 122 cm³/mol. The highest BCUT2D eigenvalue weighted by molar-refractivity contribution is 5.71. The maximum absolute atomic E-state index is 13.2. The molecule has 0 spiro atoms. The van der Waals surface area contributed by atoms with E-state index in [0.717, 1.165) is 44.6 Å². The highest BCUT2D eigenvalue weighted by atomic mass is 19.1. The molecule has 1 N–H and O–H groups in total. The maximum Gasteiger partial charge on any atom is 0.270 e. The van der Waals surface area contributed by atoms with Crippen LogP contribution >= 0.6 is 0 Å². The van der Waals surface area contributed by atoms with E-state index in [1.165, 1.54) is 24.4 Å². The molecule has 1 saturated heterocycles. The molecule has 32 heavy (non-hydrogen) atoms. The van der Waals surface area contributed by atoms with Crippen molar-refractivity contribution in [3.63, 3.8) is 0 Å². The predicted octanol–water partition coefficient (Wildman–Crippen LogP) is 2.02. The molecule has 3 aromatic rings. The lowest BCUT2D eigenvalue weighted by atomic mass is 10.0. The number of piperidine rings is 1. The third-order valence-electron chi connectivity index (χ3n) is 6.41. The molecule has 4 heterocycles. The number of hydrogen-bond acceptors (Lipinski definition) is 5. The molecule has 0 aliphatic carbocycles. The van der Waals surface area contributed by atoms with Crippen molar-refractivity contribution >= 4 is 17.2 Å². The summed E-state index contributed by atoms with van der Waals surface area (Å²) in [7, 11) is 0. The second kappa shape index (κ2) is 8.80. The van der Waals surface area contributed by atoms with Gasteiger partial charge in [-0.15, -0.1) is 0 Å². The fourth-order valence-corrected chi connectivity index (χ4v) is 4.82. The number of halogens is 1. The van der Waals surface area contributed by atoms with E-state index in [-0.39, 0.29) is 23.0 Å². The summed E-state index contributed by atoms with van der Waals surface area (Å²) in [5.74, 6) is -0.225. The van der Waals surface area contributed by atoms with Crippen LogP contribution in [0.15, 0.2) is 58.3 Å². The van der Waals surface area contributed by atoms with Crippen molar-refractivity contribution in [2.45, 2.75) is 31.5 Å². The van der Waals surface area contributed by atoms with E-state index < -0.39 is 0 Å². The van der Waals surface area contributed by atoms with Gasteiger partial charge in [-0.1, -0.05) is 24.3 Å². The lowest BCUT2D eigenvalue weighted by Gasteiger charge is -2.34. The summed E-state index contributed by atoms with van der Waals surface area (Å²) in [5, 5.41) is 3.55. The Kier molecular flexibility index (Phi) is 5.71. The molecule has 0 amide bonds. The third-order valence-corrected chi connectivity index (χ3v) is 6.41. The van der Waals surface area contributed by atoms with Crippen LogP contribution in [0.5, 0.6) is 0 Å². The van der Waals surface area contributed by atoms with Gasteiger partial charge in [0.2, 0.25) is 0 Å². The van der Waals surface area contributed by atoms with Crippen molar-refractivity contribution in [2.24, 2.45) is 0 Å². The van der Waals surface area contributed by atoms with Gasteiger partial charge in [0.25, 0.3) is 11.1 Å². The summed E-state index contributed by atoms with van der Waals surface area (Å²) in [6.07, 6.45) is 7.35. The molecule has 2 aliphatic rings. The van der Waals surface area contributed by atoms with Crippen LogP contribution in [0.25, 0.3) is 17.2 Å². The van der Waals surface area contributed by atoms with Crippen LogP contribution in [-0.4, -0.2) is 51.2 Å².